The van der Waals surface area contributed by atoms with Crippen LogP contribution in [-0.2, 0) is 0 Å². The molecule has 0 spiro atoms. The summed E-state index contributed by atoms with van der Waals surface area (Å²) in [4.78, 5) is 12.6. The first-order valence-electron chi connectivity index (χ1n) is 6.16. The standard InChI is InChI=1S/C12H24N6/c1-10(13)8-18(4)12-7-11(15-9-16-12)14-5-6-17(2)3/h7,9-10H,5-6,8,13H2,1-4H3,(H,14,15,16). The zero-order valence-corrected chi connectivity index (χ0v) is 11.7. The van der Waals surface area contributed by atoms with Crippen molar-refractivity contribution in [1.29, 1.82) is 0 Å². The van der Waals surface area contributed by atoms with Crippen LogP contribution in [0, 0.1) is 0 Å². The molecule has 6 nitrogen and oxygen atoms in total. The molecule has 0 aromatic carbocycles. The Morgan fingerprint density at radius 1 is 1.33 bits per heavy atom. The van der Waals surface area contributed by atoms with E-state index in [0.29, 0.717) is 0 Å². The molecule has 1 aromatic heterocycles. The molecule has 1 heterocycles. The number of hydrogen-bond acceptors (Lipinski definition) is 6. The molecule has 1 rings (SSSR count). The molecule has 3 N–H and O–H groups in total. The molecule has 1 atom stereocenters. The third-order valence-corrected chi connectivity index (χ3v) is 2.47. The van der Waals surface area contributed by atoms with Crippen LogP contribution in [0.2, 0.25) is 0 Å². The molecular formula is C12H24N6. The van der Waals surface area contributed by atoms with Crippen LogP contribution in [0.25, 0.3) is 0 Å². The Morgan fingerprint density at radius 3 is 2.67 bits per heavy atom. The molecule has 0 aliphatic carbocycles. The van der Waals surface area contributed by atoms with E-state index >= 15 is 0 Å². The van der Waals surface area contributed by atoms with Crippen LogP contribution >= 0.6 is 0 Å². The quantitative estimate of drug-likeness (QED) is 0.724. The number of nitrogens with zero attached hydrogens (tertiary/aromatic N) is 4. The average molecular weight is 252 g/mol. The largest absolute Gasteiger partial charge is 0.369 e. The SMILES string of the molecule is CC(N)CN(C)c1cc(NCCN(C)C)ncn1. The Bertz CT molecular complexity index is 352. The van der Waals surface area contributed by atoms with Gasteiger partial charge in [0.25, 0.3) is 0 Å². The van der Waals surface area contributed by atoms with Gasteiger partial charge < -0.3 is 20.9 Å². The van der Waals surface area contributed by atoms with E-state index < -0.39 is 0 Å². The normalized spacial score (nSPS) is 12.6. The number of anilines is 2. The van der Waals surface area contributed by atoms with Gasteiger partial charge in [-0.15, -0.1) is 0 Å². The minimum Gasteiger partial charge on any atom is -0.369 e. The average Bonchev–Trinajstić information content (AvgIpc) is 2.28. The van der Waals surface area contributed by atoms with E-state index in [2.05, 4.69) is 20.2 Å². The monoisotopic (exact) mass is 252 g/mol. The van der Waals surface area contributed by atoms with Crippen molar-refractivity contribution in [3.63, 3.8) is 0 Å². The predicted molar refractivity (Wildman–Crippen MR) is 76.0 cm³/mol. The number of rotatable bonds is 7. The highest BCUT2D eigenvalue weighted by atomic mass is 15.2. The fourth-order valence-corrected chi connectivity index (χ4v) is 1.59. The van der Waals surface area contributed by atoms with E-state index in [4.69, 9.17) is 5.73 Å². The van der Waals surface area contributed by atoms with Crippen LogP contribution < -0.4 is 16.0 Å². The van der Waals surface area contributed by atoms with Gasteiger partial charge in [0.1, 0.15) is 18.0 Å². The lowest BCUT2D eigenvalue weighted by Gasteiger charge is -2.20. The Hall–Kier alpha value is -1.40. The van der Waals surface area contributed by atoms with E-state index in [9.17, 15) is 0 Å². The maximum absolute atomic E-state index is 5.78. The van der Waals surface area contributed by atoms with Crippen molar-refractivity contribution in [3.8, 4) is 0 Å². The summed E-state index contributed by atoms with van der Waals surface area (Å²) in [6.07, 6.45) is 1.57. The summed E-state index contributed by atoms with van der Waals surface area (Å²) < 4.78 is 0. The van der Waals surface area contributed by atoms with Crippen LogP contribution in [0.4, 0.5) is 11.6 Å². The molecule has 0 fully saturated rings. The smallest absolute Gasteiger partial charge is 0.133 e. The molecule has 1 unspecified atom stereocenters. The van der Waals surface area contributed by atoms with E-state index in [1.54, 1.807) is 6.33 Å². The van der Waals surface area contributed by atoms with E-state index in [-0.39, 0.29) is 6.04 Å². The van der Waals surface area contributed by atoms with Crippen molar-refractivity contribution >= 4 is 11.6 Å². The highest BCUT2D eigenvalue weighted by Gasteiger charge is 2.06. The number of nitrogens with two attached hydrogens (primary N) is 1. The fraction of sp³-hybridized carbons (Fsp3) is 0.667. The molecule has 0 saturated carbocycles. The maximum Gasteiger partial charge on any atom is 0.133 e. The van der Waals surface area contributed by atoms with E-state index in [0.717, 1.165) is 31.3 Å². The van der Waals surface area contributed by atoms with Crippen molar-refractivity contribution in [2.24, 2.45) is 5.73 Å². The van der Waals surface area contributed by atoms with Crippen LogP contribution in [0.1, 0.15) is 6.92 Å². The molecular weight excluding hydrogens is 228 g/mol. The van der Waals surface area contributed by atoms with Gasteiger partial charge in [0.05, 0.1) is 0 Å². The first kappa shape index (κ1) is 14.7. The van der Waals surface area contributed by atoms with E-state index in [1.807, 2.05) is 39.0 Å². The van der Waals surface area contributed by atoms with Crippen molar-refractivity contribution in [3.05, 3.63) is 12.4 Å². The molecule has 0 bridgehead atoms. The summed E-state index contributed by atoms with van der Waals surface area (Å²) >= 11 is 0. The molecule has 18 heavy (non-hydrogen) atoms. The molecule has 0 radical (unpaired) electrons. The van der Waals surface area contributed by atoms with Crippen molar-refractivity contribution in [2.75, 3.05) is 51.0 Å². The summed E-state index contributed by atoms with van der Waals surface area (Å²) in [5, 5.41) is 3.27. The van der Waals surface area contributed by atoms with E-state index in [1.165, 1.54) is 0 Å². The summed E-state index contributed by atoms with van der Waals surface area (Å²) in [6, 6.07) is 2.06. The molecule has 1 aromatic rings. The fourth-order valence-electron chi connectivity index (χ4n) is 1.59. The van der Waals surface area contributed by atoms with Crippen LogP contribution in [0.5, 0.6) is 0 Å². The Kier molecular flexibility index (Phi) is 5.80. The second-order valence-corrected chi connectivity index (χ2v) is 4.85. The highest BCUT2D eigenvalue weighted by Crippen LogP contribution is 2.12. The van der Waals surface area contributed by atoms with Gasteiger partial charge >= 0.3 is 0 Å². The molecule has 0 aliphatic heterocycles. The van der Waals surface area contributed by atoms with Gasteiger partial charge in [0.2, 0.25) is 0 Å². The molecule has 0 amide bonds. The second-order valence-electron chi connectivity index (χ2n) is 4.85. The van der Waals surface area contributed by atoms with Crippen molar-refractivity contribution in [2.45, 2.75) is 13.0 Å². The lowest BCUT2D eigenvalue weighted by molar-refractivity contribution is 0.425. The van der Waals surface area contributed by atoms with Gasteiger partial charge in [0, 0.05) is 38.8 Å². The molecule has 102 valence electrons. The molecule has 6 heteroatoms. The Balaban J connectivity index is 2.56. The zero-order valence-electron chi connectivity index (χ0n) is 11.7. The topological polar surface area (TPSA) is 70.3 Å². The highest BCUT2D eigenvalue weighted by molar-refractivity contribution is 5.47. The van der Waals surface area contributed by atoms with Gasteiger partial charge in [-0.3, -0.25) is 0 Å². The van der Waals surface area contributed by atoms with Gasteiger partial charge in [0.15, 0.2) is 0 Å². The Labute approximate surface area is 109 Å². The number of hydrogen-bond donors (Lipinski definition) is 2. The van der Waals surface area contributed by atoms with Crippen LogP contribution in [0.15, 0.2) is 12.4 Å². The predicted octanol–water partition coefficient (Wildman–Crippen LogP) is 0.234. The summed E-state index contributed by atoms with van der Waals surface area (Å²) in [7, 11) is 6.07. The minimum atomic E-state index is 0.120. The summed E-state index contributed by atoms with van der Waals surface area (Å²) in [6.45, 7) is 4.58. The van der Waals surface area contributed by atoms with Gasteiger partial charge in [-0.1, -0.05) is 0 Å². The first-order chi connectivity index (χ1) is 8.49. The number of aromatic nitrogens is 2. The molecule has 0 saturated heterocycles. The van der Waals surface area contributed by atoms with Crippen molar-refractivity contribution < 1.29 is 0 Å². The maximum atomic E-state index is 5.78. The van der Waals surface area contributed by atoms with Gasteiger partial charge in [-0.25, -0.2) is 9.97 Å². The third-order valence-electron chi connectivity index (χ3n) is 2.47. The lowest BCUT2D eigenvalue weighted by Crippen LogP contribution is -2.33. The first-order valence-corrected chi connectivity index (χ1v) is 6.16. The third kappa shape index (κ3) is 5.29. The zero-order chi connectivity index (χ0) is 13.5. The summed E-state index contributed by atoms with van der Waals surface area (Å²) in [5.74, 6) is 1.73. The number of nitrogens with one attached hydrogen (secondary N) is 1. The second kappa shape index (κ2) is 7.13. The Morgan fingerprint density at radius 2 is 2.06 bits per heavy atom. The summed E-state index contributed by atoms with van der Waals surface area (Å²) in [5.41, 5.74) is 5.78. The lowest BCUT2D eigenvalue weighted by atomic mass is 10.3. The van der Waals surface area contributed by atoms with Gasteiger partial charge in [-0.05, 0) is 21.0 Å². The number of likely N-dealkylation sites (N-methyl/N-ethyl adjacent to an activating group) is 2. The van der Waals surface area contributed by atoms with Crippen LogP contribution in [-0.4, -0.2) is 61.7 Å². The van der Waals surface area contributed by atoms with Crippen molar-refractivity contribution in [1.82, 2.24) is 14.9 Å². The molecule has 0 aliphatic rings. The van der Waals surface area contributed by atoms with Crippen LogP contribution in [0.3, 0.4) is 0 Å². The van der Waals surface area contributed by atoms with Gasteiger partial charge in [-0.2, -0.15) is 0 Å². The minimum absolute atomic E-state index is 0.120.